The molecule has 0 aliphatic carbocycles. The van der Waals surface area contributed by atoms with Crippen molar-refractivity contribution in [3.8, 4) is 0 Å². The summed E-state index contributed by atoms with van der Waals surface area (Å²) in [4.78, 5) is 40.7. The second-order valence-electron chi connectivity index (χ2n) is 6.24. The molecule has 0 saturated carbocycles. The van der Waals surface area contributed by atoms with E-state index in [-0.39, 0.29) is 12.5 Å². The Morgan fingerprint density at radius 3 is 2.88 bits per heavy atom. The summed E-state index contributed by atoms with van der Waals surface area (Å²) in [6, 6.07) is 2.43. The zero-order valence-electron chi connectivity index (χ0n) is 13.9. The summed E-state index contributed by atoms with van der Waals surface area (Å²) in [6.07, 6.45) is 2.24. The number of hydrogen-bond donors (Lipinski definition) is 3. The van der Waals surface area contributed by atoms with Gasteiger partial charge < -0.3 is 26.2 Å². The maximum Gasteiger partial charge on any atom is 0.404 e. The lowest BCUT2D eigenvalue weighted by molar-refractivity contribution is -0.153. The number of carboxylic acids is 1. The van der Waals surface area contributed by atoms with Crippen LogP contribution in [0.5, 0.6) is 0 Å². The fourth-order valence-corrected chi connectivity index (χ4v) is 4.74. The number of rotatable bonds is 5. The van der Waals surface area contributed by atoms with Crippen LogP contribution in [-0.4, -0.2) is 55.7 Å². The van der Waals surface area contributed by atoms with Gasteiger partial charge in [-0.3, -0.25) is 9.78 Å². The number of carboxylic acid groups (broad SMARTS) is 1. The fraction of sp³-hybridized carbons (Fsp3) is 0.375. The molecule has 0 bridgehead atoms. The van der Waals surface area contributed by atoms with Crippen molar-refractivity contribution in [1.29, 1.82) is 0 Å². The van der Waals surface area contributed by atoms with Gasteiger partial charge >= 0.3 is 12.1 Å². The van der Waals surface area contributed by atoms with Crippen molar-refractivity contribution < 1.29 is 24.2 Å². The van der Waals surface area contributed by atoms with Crippen LogP contribution in [0, 0.1) is 0 Å². The third kappa shape index (κ3) is 3.01. The molecule has 2 aliphatic heterocycles. The Hall–Kier alpha value is -2.59. The van der Waals surface area contributed by atoms with Crippen LogP contribution in [0.2, 0.25) is 0 Å². The van der Waals surface area contributed by atoms with Gasteiger partial charge in [0.2, 0.25) is 0 Å². The topological polar surface area (TPSA) is 149 Å². The molecular formula is C16H18N4O5S. The number of hydrogen-bond acceptors (Lipinski definition) is 7. The molecule has 10 heteroatoms. The van der Waals surface area contributed by atoms with E-state index in [1.807, 2.05) is 0 Å². The fourth-order valence-electron chi connectivity index (χ4n) is 3.13. The summed E-state index contributed by atoms with van der Waals surface area (Å²) in [6.45, 7) is 1.77. The maximum absolute atomic E-state index is 12.5. The molecule has 1 unspecified atom stereocenters. The number of ether oxygens (including phenoxy) is 1. The Morgan fingerprint density at radius 2 is 2.27 bits per heavy atom. The van der Waals surface area contributed by atoms with E-state index in [0.29, 0.717) is 17.8 Å². The molecule has 0 spiro atoms. The molecule has 2 saturated heterocycles. The third-order valence-electron chi connectivity index (χ3n) is 4.36. The molecule has 9 nitrogen and oxygen atoms in total. The van der Waals surface area contributed by atoms with Crippen LogP contribution in [-0.2, 0) is 20.9 Å². The molecule has 26 heavy (non-hydrogen) atoms. The number of carbonyl (C=O) groups excluding carboxylic acids is 2. The number of fused-ring (bicyclic) bond motifs is 1. The Balaban J connectivity index is 1.89. The van der Waals surface area contributed by atoms with E-state index in [4.69, 9.17) is 16.2 Å². The molecule has 1 aromatic heterocycles. The minimum absolute atomic E-state index is 0.210. The van der Waals surface area contributed by atoms with Crippen molar-refractivity contribution in [3.63, 3.8) is 0 Å². The van der Waals surface area contributed by atoms with Crippen LogP contribution >= 0.6 is 11.8 Å². The quantitative estimate of drug-likeness (QED) is 0.484. The lowest BCUT2D eigenvalue weighted by Crippen LogP contribution is -2.59. The average Bonchev–Trinajstić information content (AvgIpc) is 2.89. The molecule has 138 valence electrons. The van der Waals surface area contributed by atoms with E-state index >= 15 is 0 Å². The number of thioether (sulfide) groups is 1. The third-order valence-corrected chi connectivity index (χ3v) is 5.94. The van der Waals surface area contributed by atoms with E-state index in [9.17, 15) is 19.5 Å². The normalized spacial score (nSPS) is 28.6. The molecule has 2 aliphatic rings. The summed E-state index contributed by atoms with van der Waals surface area (Å²) in [7, 11) is 0. The largest absolute Gasteiger partial charge is 0.480 e. The molecular weight excluding hydrogens is 360 g/mol. The number of aromatic nitrogens is 1. The van der Waals surface area contributed by atoms with E-state index in [2.05, 4.69) is 4.98 Å². The van der Waals surface area contributed by atoms with E-state index in [1.165, 1.54) is 16.7 Å². The van der Waals surface area contributed by atoms with Crippen LogP contribution in [0.25, 0.3) is 6.08 Å². The van der Waals surface area contributed by atoms with Crippen molar-refractivity contribution in [1.82, 2.24) is 9.88 Å². The van der Waals surface area contributed by atoms with Crippen molar-refractivity contribution in [2.24, 2.45) is 11.5 Å². The second-order valence-corrected chi connectivity index (χ2v) is 7.85. The van der Waals surface area contributed by atoms with E-state index in [1.54, 1.807) is 31.3 Å². The first-order valence-corrected chi connectivity index (χ1v) is 8.67. The number of β-lactam (4-membered cyclic amide) rings is 1. The monoisotopic (exact) mass is 378 g/mol. The number of pyridine rings is 1. The van der Waals surface area contributed by atoms with Crippen LogP contribution in [0.3, 0.4) is 0 Å². The van der Waals surface area contributed by atoms with Gasteiger partial charge in [-0.1, -0.05) is 0 Å². The van der Waals surface area contributed by atoms with Crippen LogP contribution in [0.15, 0.2) is 23.9 Å². The zero-order valence-corrected chi connectivity index (χ0v) is 14.7. The second kappa shape index (κ2) is 6.61. The molecule has 2 fully saturated rings. The number of amides is 2. The van der Waals surface area contributed by atoms with Crippen molar-refractivity contribution in [2.75, 3.05) is 6.61 Å². The number of nitrogens with two attached hydrogens (primary N) is 2. The number of primary amides is 1. The predicted octanol–water partition coefficient (Wildman–Crippen LogP) is 0.146. The minimum Gasteiger partial charge on any atom is -0.480 e. The molecule has 1 aromatic rings. The first-order chi connectivity index (χ1) is 12.3. The average molecular weight is 378 g/mol. The van der Waals surface area contributed by atoms with Gasteiger partial charge in [-0.15, -0.1) is 11.8 Å². The van der Waals surface area contributed by atoms with Gasteiger partial charge in [-0.05, 0) is 30.7 Å². The van der Waals surface area contributed by atoms with Crippen molar-refractivity contribution >= 4 is 35.8 Å². The zero-order chi connectivity index (χ0) is 19.1. The lowest BCUT2D eigenvalue weighted by Gasteiger charge is -2.39. The van der Waals surface area contributed by atoms with Gasteiger partial charge in [0.1, 0.15) is 18.0 Å². The van der Waals surface area contributed by atoms with Crippen LogP contribution in [0.4, 0.5) is 4.79 Å². The Morgan fingerprint density at radius 1 is 1.54 bits per heavy atom. The summed E-state index contributed by atoms with van der Waals surface area (Å²) in [5, 5.41) is 9.12. The highest BCUT2D eigenvalue weighted by Crippen LogP contribution is 2.53. The van der Waals surface area contributed by atoms with E-state index in [0.717, 1.165) is 5.56 Å². The van der Waals surface area contributed by atoms with Crippen LogP contribution in [0.1, 0.15) is 18.2 Å². The van der Waals surface area contributed by atoms with Crippen LogP contribution < -0.4 is 11.5 Å². The Kier molecular flexibility index (Phi) is 4.63. The summed E-state index contributed by atoms with van der Waals surface area (Å²) < 4.78 is 3.81. The highest BCUT2D eigenvalue weighted by Gasteiger charge is 2.63. The van der Waals surface area contributed by atoms with Gasteiger partial charge in [0, 0.05) is 12.7 Å². The molecule has 0 aromatic carbocycles. The van der Waals surface area contributed by atoms with Gasteiger partial charge in [-0.25, -0.2) is 9.59 Å². The number of aliphatic carboxylic acids is 1. The molecule has 0 radical (unpaired) electrons. The Bertz CT molecular complexity index is 814. The summed E-state index contributed by atoms with van der Waals surface area (Å²) in [5.74, 6) is -1.54. The van der Waals surface area contributed by atoms with Crippen molar-refractivity contribution in [2.45, 2.75) is 29.6 Å². The summed E-state index contributed by atoms with van der Waals surface area (Å²) in [5.41, 5.74) is 12.5. The SMILES string of the molecule is C[C@@]1(COC(N)=O)SC2C(=Cc3cc(CN)ccn3)C(=O)N2[C@H]1C(=O)O. The standard InChI is InChI=1S/C16H18N4O5S/c1-16(7-25-15(18)24)11(14(22)23)20-12(21)10(13(20)26-16)5-9-4-8(6-17)2-3-19-9/h2-5,11,13H,6-7,17H2,1H3,(H2,18,24)(H,22,23)/t11-,13?,16-/m0/s1. The van der Waals surface area contributed by atoms with E-state index < -0.39 is 28.2 Å². The highest BCUT2D eigenvalue weighted by atomic mass is 32.2. The summed E-state index contributed by atoms with van der Waals surface area (Å²) >= 11 is 1.25. The molecule has 5 N–H and O–H groups in total. The molecule has 3 heterocycles. The first kappa shape index (κ1) is 18.2. The Labute approximate surface area is 153 Å². The van der Waals surface area contributed by atoms with Gasteiger partial charge in [0.15, 0.2) is 0 Å². The number of carbonyl (C=O) groups is 3. The van der Waals surface area contributed by atoms with Gasteiger partial charge in [0.25, 0.3) is 5.91 Å². The minimum atomic E-state index is -1.16. The smallest absolute Gasteiger partial charge is 0.404 e. The maximum atomic E-state index is 12.5. The lowest BCUT2D eigenvalue weighted by atomic mass is 9.94. The predicted molar refractivity (Wildman–Crippen MR) is 93.7 cm³/mol. The van der Waals surface area contributed by atoms with Gasteiger partial charge in [-0.2, -0.15) is 0 Å². The molecule has 3 atom stereocenters. The number of nitrogens with zero attached hydrogens (tertiary/aromatic N) is 2. The highest BCUT2D eigenvalue weighted by molar-refractivity contribution is 8.02. The molecule has 3 rings (SSSR count). The molecule has 2 amide bonds. The van der Waals surface area contributed by atoms with Gasteiger partial charge in [0.05, 0.1) is 16.0 Å². The van der Waals surface area contributed by atoms with Crippen molar-refractivity contribution in [3.05, 3.63) is 35.2 Å². The first-order valence-electron chi connectivity index (χ1n) is 7.79.